The van der Waals surface area contributed by atoms with Crippen LogP contribution in [0.25, 0.3) is 32.1 Å². The van der Waals surface area contributed by atoms with E-state index in [0.717, 1.165) is 50.1 Å². The zero-order chi connectivity index (χ0) is 33.5. The van der Waals surface area contributed by atoms with Gasteiger partial charge in [-0.2, -0.15) is 15.2 Å². The molecule has 1 amide bonds. The molecule has 6 heterocycles. The first kappa shape index (κ1) is 31.7. The minimum Gasteiger partial charge on any atom is -0.461 e. The monoisotopic (exact) mass is 715 g/mol. The molecular weight excluding hydrogens is 686 g/mol. The number of nitrogen functional groups attached to an aromatic ring is 1. The Morgan fingerprint density at radius 3 is 2.58 bits per heavy atom. The quantitative estimate of drug-likeness (QED) is 0.222. The lowest BCUT2D eigenvalue weighted by molar-refractivity contribution is -0.148. The minimum atomic E-state index is -2.13. The van der Waals surface area contributed by atoms with E-state index in [-0.39, 0.29) is 53.9 Å². The summed E-state index contributed by atoms with van der Waals surface area (Å²) in [5.41, 5.74) is 3.31. The number of anilines is 2. The van der Waals surface area contributed by atoms with Crippen molar-refractivity contribution < 1.29 is 22.7 Å². The number of likely N-dealkylation sites (tertiary alicyclic amines) is 1. The fourth-order valence-corrected chi connectivity index (χ4v) is 9.71. The van der Waals surface area contributed by atoms with E-state index in [0.29, 0.717) is 50.3 Å². The number of carbonyl (C=O) groups is 1. The van der Waals surface area contributed by atoms with Crippen molar-refractivity contribution in [3.63, 3.8) is 0 Å². The van der Waals surface area contributed by atoms with Crippen molar-refractivity contribution in [2.45, 2.75) is 55.2 Å². The molecule has 2 atom stereocenters. The fourth-order valence-electron chi connectivity index (χ4n) is 8.34. The molecule has 250 valence electrons. The van der Waals surface area contributed by atoms with Crippen LogP contribution in [0.15, 0.2) is 18.2 Å². The van der Waals surface area contributed by atoms with Gasteiger partial charge < -0.3 is 20.3 Å². The Morgan fingerprint density at radius 1 is 1.15 bits per heavy atom. The van der Waals surface area contributed by atoms with Crippen LogP contribution >= 0.6 is 34.5 Å². The van der Waals surface area contributed by atoms with Crippen molar-refractivity contribution in [3.05, 3.63) is 40.4 Å². The molecule has 0 bridgehead atoms. The van der Waals surface area contributed by atoms with Gasteiger partial charge in [0.1, 0.15) is 34.8 Å². The molecule has 4 aliphatic rings. The number of hydrogen-bond acceptors (Lipinski definition) is 9. The molecule has 0 radical (unpaired) electrons. The molecule has 15 heteroatoms. The first-order chi connectivity index (χ1) is 23.1. The van der Waals surface area contributed by atoms with Gasteiger partial charge in [0, 0.05) is 36.0 Å². The molecule has 2 aromatic carbocycles. The Bertz CT molecular complexity index is 2050. The van der Waals surface area contributed by atoms with Gasteiger partial charge in [-0.3, -0.25) is 9.69 Å². The standard InChI is InChI=1S/C33H30Cl2F3N7O2S/c34-20-13-18-25(24(37)23(20)17-3-4-21(36)26-22(17)19(14-39)28(40)48-26)41-31(47-16-33-5-1-9-44(33)10-2-6-33)42-29(18)43-11-7-32(15-43)8-12-45(32)30(46)27(35)38/h3-4,13,27H,1-2,5-12,15-16,40H2. The number of thiophene rings is 1. The van der Waals surface area contributed by atoms with Crippen molar-refractivity contribution in [1.29, 1.82) is 5.26 Å². The summed E-state index contributed by atoms with van der Waals surface area (Å²) in [5, 5.41) is 10.5. The van der Waals surface area contributed by atoms with E-state index in [1.54, 1.807) is 6.07 Å². The van der Waals surface area contributed by atoms with Gasteiger partial charge in [-0.15, -0.1) is 11.3 Å². The maximum Gasteiger partial charge on any atom is 0.319 e. The average Bonchev–Trinajstić information content (AvgIpc) is 3.83. The van der Waals surface area contributed by atoms with Crippen LogP contribution < -0.4 is 15.4 Å². The Morgan fingerprint density at radius 2 is 1.90 bits per heavy atom. The van der Waals surface area contributed by atoms with Crippen molar-refractivity contribution in [3.8, 4) is 23.2 Å². The Hall–Kier alpha value is -3.57. The molecule has 4 saturated heterocycles. The number of carbonyl (C=O) groups excluding carboxylic acids is 1. The number of nitrogens with zero attached hydrogens (tertiary/aromatic N) is 6. The number of hydrogen-bond donors (Lipinski definition) is 1. The average molecular weight is 717 g/mol. The highest BCUT2D eigenvalue weighted by atomic mass is 35.5. The van der Waals surface area contributed by atoms with Crippen molar-refractivity contribution >= 4 is 72.3 Å². The maximum absolute atomic E-state index is 17.0. The second kappa shape index (κ2) is 11.5. The van der Waals surface area contributed by atoms with Crippen LogP contribution in [-0.4, -0.2) is 81.7 Å². The summed E-state index contributed by atoms with van der Waals surface area (Å²) in [6.45, 7) is 3.51. The van der Waals surface area contributed by atoms with E-state index < -0.39 is 28.7 Å². The van der Waals surface area contributed by atoms with Crippen LogP contribution in [-0.2, 0) is 4.79 Å². The predicted molar refractivity (Wildman–Crippen MR) is 179 cm³/mol. The van der Waals surface area contributed by atoms with E-state index in [2.05, 4.69) is 9.88 Å². The Labute approximate surface area is 288 Å². The summed E-state index contributed by atoms with van der Waals surface area (Å²) in [5.74, 6) is -1.77. The van der Waals surface area contributed by atoms with E-state index in [1.165, 1.54) is 17.0 Å². The molecule has 4 fully saturated rings. The summed E-state index contributed by atoms with van der Waals surface area (Å²) in [6.07, 6.45) is 5.32. The number of aromatic nitrogens is 2. The largest absolute Gasteiger partial charge is 0.461 e. The summed E-state index contributed by atoms with van der Waals surface area (Å²) in [4.78, 5) is 27.8. The molecule has 0 aliphatic carbocycles. The SMILES string of the molecule is N#Cc1c(N)sc2c(F)ccc(-c3c(Cl)cc4c(N5CCC6(CCN6C(=O)C(F)Cl)C5)nc(OCC56CCCN5CCC6)nc4c3F)c12. The summed E-state index contributed by atoms with van der Waals surface area (Å²) >= 11 is 13.3. The predicted octanol–water partition coefficient (Wildman–Crippen LogP) is 6.62. The summed E-state index contributed by atoms with van der Waals surface area (Å²) < 4.78 is 52.2. The second-order valence-corrected chi connectivity index (χ2v) is 15.0. The lowest BCUT2D eigenvalue weighted by Crippen LogP contribution is -2.64. The molecular formula is C33H30Cl2F3N7O2S. The zero-order valence-electron chi connectivity index (χ0n) is 25.7. The zero-order valence-corrected chi connectivity index (χ0v) is 28.0. The van der Waals surface area contributed by atoms with Gasteiger partial charge >= 0.3 is 6.01 Å². The molecule has 1 spiro atoms. The number of alkyl halides is 2. The molecule has 9 nitrogen and oxygen atoms in total. The number of fused-ring (bicyclic) bond motifs is 3. The highest BCUT2D eigenvalue weighted by Crippen LogP contribution is 2.47. The van der Waals surface area contributed by atoms with Crippen LogP contribution in [0.4, 0.5) is 24.0 Å². The van der Waals surface area contributed by atoms with Crippen molar-refractivity contribution in [2.75, 3.05) is 50.0 Å². The molecule has 2 aromatic heterocycles. The van der Waals surface area contributed by atoms with Gasteiger partial charge in [0.15, 0.2) is 5.82 Å². The number of amides is 1. The lowest BCUT2D eigenvalue weighted by atomic mass is 9.83. The number of rotatable bonds is 6. The molecule has 2 unspecified atom stereocenters. The van der Waals surface area contributed by atoms with E-state index in [1.807, 2.05) is 11.0 Å². The molecule has 48 heavy (non-hydrogen) atoms. The van der Waals surface area contributed by atoms with Crippen molar-refractivity contribution in [2.24, 2.45) is 0 Å². The van der Waals surface area contributed by atoms with Crippen molar-refractivity contribution in [1.82, 2.24) is 19.8 Å². The third-order valence-electron chi connectivity index (χ3n) is 10.8. The van der Waals surface area contributed by atoms with E-state index in [4.69, 9.17) is 38.7 Å². The second-order valence-electron chi connectivity index (χ2n) is 13.2. The first-order valence-corrected chi connectivity index (χ1v) is 17.5. The minimum absolute atomic E-state index is 0.00306. The normalized spacial score (nSPS) is 22.4. The van der Waals surface area contributed by atoms with Gasteiger partial charge in [0.05, 0.1) is 26.4 Å². The maximum atomic E-state index is 17.0. The van der Waals surface area contributed by atoms with Crippen LogP contribution in [0.2, 0.25) is 5.02 Å². The Kier molecular flexibility index (Phi) is 7.60. The van der Waals surface area contributed by atoms with Gasteiger partial charge in [0.25, 0.3) is 11.5 Å². The Balaban J connectivity index is 1.26. The summed E-state index contributed by atoms with van der Waals surface area (Å²) in [7, 11) is 0. The number of halogens is 5. The number of nitrogens with two attached hydrogens (primary N) is 1. The fraction of sp³-hybridized carbons (Fsp3) is 0.455. The number of benzene rings is 2. The van der Waals surface area contributed by atoms with Gasteiger partial charge in [-0.05, 0) is 69.3 Å². The molecule has 8 rings (SSSR count). The molecule has 0 saturated carbocycles. The smallest absolute Gasteiger partial charge is 0.319 e. The van der Waals surface area contributed by atoms with Gasteiger partial charge in [-0.25, -0.2) is 13.2 Å². The molecule has 2 N–H and O–H groups in total. The van der Waals surface area contributed by atoms with Gasteiger partial charge in [-0.1, -0.05) is 29.3 Å². The summed E-state index contributed by atoms with van der Waals surface area (Å²) in [6, 6.07) is 6.16. The number of nitriles is 1. The third-order valence-corrected chi connectivity index (χ3v) is 12.3. The number of ether oxygens (including phenoxy) is 1. The topological polar surface area (TPSA) is 112 Å². The van der Waals surface area contributed by atoms with E-state index >= 15 is 4.39 Å². The highest BCUT2D eigenvalue weighted by Gasteiger charge is 2.53. The van der Waals surface area contributed by atoms with Crippen LogP contribution in [0.5, 0.6) is 6.01 Å². The van der Waals surface area contributed by atoms with Crippen LogP contribution in [0.1, 0.15) is 44.1 Å². The lowest BCUT2D eigenvalue weighted by Gasteiger charge is -2.50. The van der Waals surface area contributed by atoms with E-state index in [9.17, 15) is 18.8 Å². The van der Waals surface area contributed by atoms with Crippen LogP contribution in [0.3, 0.4) is 0 Å². The van der Waals surface area contributed by atoms with Gasteiger partial charge in [0.2, 0.25) is 0 Å². The molecule has 4 aliphatic heterocycles. The highest BCUT2D eigenvalue weighted by molar-refractivity contribution is 7.23. The van der Waals surface area contributed by atoms with Crippen LogP contribution in [0, 0.1) is 23.0 Å². The molecule has 4 aromatic rings. The first-order valence-electron chi connectivity index (χ1n) is 15.9. The third kappa shape index (κ3) is 4.70.